The molecule has 3 heteroatoms. The van der Waals surface area contributed by atoms with Crippen molar-refractivity contribution in [2.45, 2.75) is 20.3 Å². The first-order valence-electron chi connectivity index (χ1n) is 5.45. The Morgan fingerprint density at radius 2 is 2.19 bits per heavy atom. The number of hydrogen-bond donors (Lipinski definition) is 0. The first-order chi connectivity index (χ1) is 7.72. The standard InChI is InChI=1S/C13H16N2S/c1-4-11-7-5-6-10(2)12(11)14-13-15(3)8-9-16-13/h5-9H,4H2,1-3H3. The lowest BCUT2D eigenvalue weighted by Gasteiger charge is -2.05. The number of para-hydroxylation sites is 1. The Balaban J connectivity index is 2.62. The van der Waals surface area contributed by atoms with E-state index in [9.17, 15) is 0 Å². The summed E-state index contributed by atoms with van der Waals surface area (Å²) in [6, 6.07) is 6.37. The van der Waals surface area contributed by atoms with Gasteiger partial charge in [-0.05, 0) is 24.5 Å². The van der Waals surface area contributed by atoms with Gasteiger partial charge in [-0.1, -0.05) is 25.1 Å². The maximum Gasteiger partial charge on any atom is 0.189 e. The Kier molecular flexibility index (Phi) is 3.25. The van der Waals surface area contributed by atoms with Crippen molar-refractivity contribution in [2.24, 2.45) is 12.0 Å². The second-order valence-corrected chi connectivity index (χ2v) is 4.72. The summed E-state index contributed by atoms with van der Waals surface area (Å²) < 4.78 is 2.05. The Morgan fingerprint density at radius 1 is 1.38 bits per heavy atom. The Hall–Kier alpha value is -1.35. The van der Waals surface area contributed by atoms with Gasteiger partial charge < -0.3 is 4.57 Å². The molecule has 1 heterocycles. The molecule has 0 amide bonds. The van der Waals surface area contributed by atoms with Crippen LogP contribution >= 0.6 is 11.3 Å². The summed E-state index contributed by atoms with van der Waals surface area (Å²) in [5.74, 6) is 0. The summed E-state index contributed by atoms with van der Waals surface area (Å²) >= 11 is 1.67. The average molecular weight is 232 g/mol. The highest BCUT2D eigenvalue weighted by Gasteiger charge is 2.02. The molecule has 0 unspecified atom stereocenters. The van der Waals surface area contributed by atoms with Gasteiger partial charge in [-0.15, -0.1) is 11.3 Å². The topological polar surface area (TPSA) is 17.3 Å². The van der Waals surface area contributed by atoms with Crippen LogP contribution in [-0.2, 0) is 13.5 Å². The van der Waals surface area contributed by atoms with E-state index in [-0.39, 0.29) is 0 Å². The van der Waals surface area contributed by atoms with Gasteiger partial charge in [-0.3, -0.25) is 0 Å². The van der Waals surface area contributed by atoms with Crippen molar-refractivity contribution in [2.75, 3.05) is 0 Å². The van der Waals surface area contributed by atoms with Crippen LogP contribution in [0.3, 0.4) is 0 Å². The van der Waals surface area contributed by atoms with E-state index in [1.54, 1.807) is 11.3 Å². The molecule has 16 heavy (non-hydrogen) atoms. The summed E-state index contributed by atoms with van der Waals surface area (Å²) in [6.45, 7) is 4.29. The fourth-order valence-corrected chi connectivity index (χ4v) is 2.43. The molecule has 2 rings (SSSR count). The zero-order valence-electron chi connectivity index (χ0n) is 9.90. The fourth-order valence-electron chi connectivity index (χ4n) is 1.70. The summed E-state index contributed by atoms with van der Waals surface area (Å²) in [7, 11) is 2.03. The molecule has 1 aromatic heterocycles. The van der Waals surface area contributed by atoms with E-state index in [0.29, 0.717) is 0 Å². The molecule has 0 aliphatic carbocycles. The van der Waals surface area contributed by atoms with Crippen LogP contribution in [0.2, 0.25) is 0 Å². The van der Waals surface area contributed by atoms with E-state index in [0.717, 1.165) is 16.9 Å². The number of rotatable bonds is 2. The van der Waals surface area contributed by atoms with Gasteiger partial charge in [-0.25, -0.2) is 4.99 Å². The molecule has 2 nitrogen and oxygen atoms in total. The van der Waals surface area contributed by atoms with Crippen molar-refractivity contribution in [3.63, 3.8) is 0 Å². The third kappa shape index (κ3) is 2.09. The van der Waals surface area contributed by atoms with Crippen LogP contribution in [0.4, 0.5) is 5.69 Å². The lowest BCUT2D eigenvalue weighted by Crippen LogP contribution is -2.08. The van der Waals surface area contributed by atoms with E-state index in [4.69, 9.17) is 4.99 Å². The van der Waals surface area contributed by atoms with Gasteiger partial charge in [0.05, 0.1) is 5.69 Å². The van der Waals surface area contributed by atoms with Gasteiger partial charge in [0.15, 0.2) is 4.80 Å². The molecular weight excluding hydrogens is 216 g/mol. The SMILES string of the molecule is CCc1cccc(C)c1N=c1sccn1C. The van der Waals surface area contributed by atoms with E-state index in [1.807, 2.05) is 13.2 Å². The molecule has 84 valence electrons. The zero-order valence-corrected chi connectivity index (χ0v) is 10.7. The van der Waals surface area contributed by atoms with Gasteiger partial charge in [0.25, 0.3) is 0 Å². The predicted octanol–water partition coefficient (Wildman–Crippen LogP) is 3.19. The first-order valence-corrected chi connectivity index (χ1v) is 6.33. The second-order valence-electron chi connectivity index (χ2n) is 3.84. The van der Waals surface area contributed by atoms with Crippen molar-refractivity contribution in [1.82, 2.24) is 4.57 Å². The van der Waals surface area contributed by atoms with Gasteiger partial charge in [0, 0.05) is 18.6 Å². The minimum absolute atomic E-state index is 1.02. The largest absolute Gasteiger partial charge is 0.327 e. The van der Waals surface area contributed by atoms with Crippen LogP contribution in [0, 0.1) is 6.92 Å². The van der Waals surface area contributed by atoms with Gasteiger partial charge in [0.1, 0.15) is 0 Å². The van der Waals surface area contributed by atoms with E-state index >= 15 is 0 Å². The summed E-state index contributed by atoms with van der Waals surface area (Å²) in [6.07, 6.45) is 3.06. The minimum Gasteiger partial charge on any atom is -0.327 e. The average Bonchev–Trinajstić information content (AvgIpc) is 2.67. The van der Waals surface area contributed by atoms with Crippen LogP contribution in [0.15, 0.2) is 34.8 Å². The van der Waals surface area contributed by atoms with E-state index in [1.165, 1.54) is 11.1 Å². The highest BCUT2D eigenvalue weighted by Crippen LogP contribution is 2.23. The molecular formula is C13H16N2S. The molecule has 0 aliphatic rings. The van der Waals surface area contributed by atoms with Crippen molar-refractivity contribution in [1.29, 1.82) is 0 Å². The molecule has 0 saturated heterocycles. The molecule has 0 radical (unpaired) electrons. The van der Waals surface area contributed by atoms with Crippen LogP contribution in [-0.4, -0.2) is 4.57 Å². The summed E-state index contributed by atoms with van der Waals surface area (Å²) in [5, 5.41) is 2.06. The van der Waals surface area contributed by atoms with Gasteiger partial charge in [0.2, 0.25) is 0 Å². The number of benzene rings is 1. The monoisotopic (exact) mass is 232 g/mol. The number of hydrogen-bond acceptors (Lipinski definition) is 2. The van der Waals surface area contributed by atoms with Crippen molar-refractivity contribution in [3.05, 3.63) is 45.7 Å². The molecule has 0 atom stereocenters. The van der Waals surface area contributed by atoms with Crippen LogP contribution < -0.4 is 4.80 Å². The molecule has 0 spiro atoms. The lowest BCUT2D eigenvalue weighted by atomic mass is 10.1. The number of aryl methyl sites for hydroxylation is 3. The summed E-state index contributed by atoms with van der Waals surface area (Å²) in [5.41, 5.74) is 3.68. The molecule has 2 aromatic rings. The zero-order chi connectivity index (χ0) is 11.5. The molecule has 0 saturated carbocycles. The Bertz CT molecular complexity index is 549. The number of aromatic nitrogens is 1. The lowest BCUT2D eigenvalue weighted by molar-refractivity contribution is 0.872. The summed E-state index contributed by atoms with van der Waals surface area (Å²) in [4.78, 5) is 5.80. The highest BCUT2D eigenvalue weighted by molar-refractivity contribution is 7.07. The highest BCUT2D eigenvalue weighted by atomic mass is 32.1. The minimum atomic E-state index is 1.02. The number of nitrogens with zero attached hydrogens (tertiary/aromatic N) is 2. The smallest absolute Gasteiger partial charge is 0.189 e. The van der Waals surface area contributed by atoms with Crippen molar-refractivity contribution in [3.8, 4) is 0 Å². The molecule has 1 aromatic carbocycles. The maximum absolute atomic E-state index is 4.75. The molecule has 0 aliphatic heterocycles. The van der Waals surface area contributed by atoms with Crippen LogP contribution in [0.1, 0.15) is 18.1 Å². The third-order valence-electron chi connectivity index (χ3n) is 2.67. The van der Waals surface area contributed by atoms with Crippen molar-refractivity contribution < 1.29 is 0 Å². The second kappa shape index (κ2) is 4.66. The molecule has 0 bridgehead atoms. The molecule has 0 N–H and O–H groups in total. The normalized spacial score (nSPS) is 12.1. The van der Waals surface area contributed by atoms with Crippen LogP contribution in [0.25, 0.3) is 0 Å². The van der Waals surface area contributed by atoms with Crippen molar-refractivity contribution >= 4 is 17.0 Å². The van der Waals surface area contributed by atoms with Gasteiger partial charge in [-0.2, -0.15) is 0 Å². The quantitative estimate of drug-likeness (QED) is 0.756. The third-order valence-corrected chi connectivity index (χ3v) is 3.52. The Labute approximate surface area is 99.9 Å². The van der Waals surface area contributed by atoms with E-state index < -0.39 is 0 Å². The van der Waals surface area contributed by atoms with Gasteiger partial charge >= 0.3 is 0 Å². The first kappa shape index (κ1) is 11.1. The van der Waals surface area contributed by atoms with Crippen LogP contribution in [0.5, 0.6) is 0 Å². The molecule has 0 fully saturated rings. The van der Waals surface area contributed by atoms with E-state index in [2.05, 4.69) is 42.0 Å². The maximum atomic E-state index is 4.75. The fraction of sp³-hybridized carbons (Fsp3) is 0.308. The Morgan fingerprint density at radius 3 is 2.81 bits per heavy atom. The number of thiazole rings is 1. The predicted molar refractivity (Wildman–Crippen MR) is 69.1 cm³/mol.